The molecular weight excluding hydrogens is 270 g/mol. The van der Waals surface area contributed by atoms with Crippen molar-refractivity contribution in [3.63, 3.8) is 0 Å². The number of nitrogens with two attached hydrogens (primary N) is 1. The van der Waals surface area contributed by atoms with Crippen LogP contribution in [0.15, 0.2) is 35.5 Å². The molecule has 0 bridgehead atoms. The molecule has 6 heteroatoms. The Morgan fingerprint density at radius 1 is 1.24 bits per heavy atom. The second kappa shape index (κ2) is 6.13. The van der Waals surface area contributed by atoms with E-state index in [0.29, 0.717) is 17.1 Å². The Bertz CT molecular complexity index is 684. The molecule has 3 N–H and O–H groups in total. The van der Waals surface area contributed by atoms with Gasteiger partial charge in [0.25, 0.3) is 0 Å². The number of oxime groups is 1. The summed E-state index contributed by atoms with van der Waals surface area (Å²) in [4.78, 5) is 4.32. The van der Waals surface area contributed by atoms with Gasteiger partial charge in [-0.3, -0.25) is 0 Å². The summed E-state index contributed by atoms with van der Waals surface area (Å²) in [5.41, 5.74) is 7.75. The van der Waals surface area contributed by atoms with Gasteiger partial charge in [-0.1, -0.05) is 17.3 Å². The van der Waals surface area contributed by atoms with Crippen molar-refractivity contribution in [2.24, 2.45) is 10.9 Å². The molecule has 2 rings (SSSR count). The summed E-state index contributed by atoms with van der Waals surface area (Å²) < 4.78 is 11.0. The Kier molecular flexibility index (Phi) is 4.27. The van der Waals surface area contributed by atoms with Gasteiger partial charge in [0.2, 0.25) is 5.88 Å². The average molecular weight is 287 g/mol. The first kappa shape index (κ1) is 14.6. The first-order chi connectivity index (χ1) is 10.1. The van der Waals surface area contributed by atoms with Gasteiger partial charge in [0.05, 0.1) is 12.7 Å². The molecule has 0 amide bonds. The topological polar surface area (TPSA) is 90.0 Å². The third-order valence-electron chi connectivity index (χ3n) is 2.95. The van der Waals surface area contributed by atoms with Crippen LogP contribution in [0, 0.1) is 13.8 Å². The molecule has 0 spiro atoms. The SMILES string of the molecule is COc1ccccc1Oc1nc(C)cc(C)c1/C(N)=N/O. The predicted molar refractivity (Wildman–Crippen MR) is 79.3 cm³/mol. The van der Waals surface area contributed by atoms with Crippen molar-refractivity contribution in [1.29, 1.82) is 0 Å². The maximum absolute atomic E-state index is 8.93. The molecule has 0 saturated carbocycles. The van der Waals surface area contributed by atoms with Gasteiger partial charge in [0, 0.05) is 5.69 Å². The van der Waals surface area contributed by atoms with Crippen LogP contribution >= 0.6 is 0 Å². The predicted octanol–water partition coefficient (Wildman–Crippen LogP) is 2.59. The smallest absolute Gasteiger partial charge is 0.231 e. The van der Waals surface area contributed by atoms with Gasteiger partial charge in [-0.2, -0.15) is 0 Å². The van der Waals surface area contributed by atoms with Crippen LogP contribution in [-0.4, -0.2) is 23.1 Å². The lowest BCUT2D eigenvalue weighted by Gasteiger charge is -2.14. The van der Waals surface area contributed by atoms with Crippen LogP contribution in [0.3, 0.4) is 0 Å². The summed E-state index contributed by atoms with van der Waals surface area (Å²) in [5, 5.41) is 12.0. The molecule has 0 aliphatic heterocycles. The van der Waals surface area contributed by atoms with E-state index in [-0.39, 0.29) is 11.7 Å². The molecule has 0 saturated heterocycles. The standard InChI is InChI=1S/C15H17N3O3/c1-9-8-10(2)17-15(13(9)14(16)18-19)21-12-7-5-4-6-11(12)20-3/h4-8,19H,1-3H3,(H2,16,18). The van der Waals surface area contributed by atoms with Crippen LogP contribution in [0.5, 0.6) is 17.4 Å². The molecule has 0 fully saturated rings. The van der Waals surface area contributed by atoms with Crippen molar-refractivity contribution in [3.05, 3.63) is 47.2 Å². The number of para-hydroxylation sites is 2. The van der Waals surface area contributed by atoms with Gasteiger partial charge >= 0.3 is 0 Å². The number of benzene rings is 1. The molecule has 0 aliphatic carbocycles. The van der Waals surface area contributed by atoms with Crippen LogP contribution < -0.4 is 15.2 Å². The fourth-order valence-electron chi connectivity index (χ4n) is 2.05. The van der Waals surface area contributed by atoms with Crippen molar-refractivity contribution in [3.8, 4) is 17.4 Å². The maximum atomic E-state index is 8.93. The number of aryl methyl sites for hydroxylation is 2. The van der Waals surface area contributed by atoms with Crippen LogP contribution in [0.4, 0.5) is 0 Å². The van der Waals surface area contributed by atoms with Crippen molar-refractivity contribution in [2.45, 2.75) is 13.8 Å². The summed E-state index contributed by atoms with van der Waals surface area (Å²) >= 11 is 0. The Morgan fingerprint density at radius 2 is 1.90 bits per heavy atom. The zero-order chi connectivity index (χ0) is 15.4. The maximum Gasteiger partial charge on any atom is 0.231 e. The minimum atomic E-state index is -0.0510. The molecule has 0 unspecified atom stereocenters. The van der Waals surface area contributed by atoms with E-state index in [1.807, 2.05) is 32.0 Å². The molecule has 0 aliphatic rings. The summed E-state index contributed by atoms with van der Waals surface area (Å²) in [5.74, 6) is 1.30. The number of hydrogen-bond acceptors (Lipinski definition) is 5. The lowest BCUT2D eigenvalue weighted by Crippen LogP contribution is -2.17. The molecule has 2 aromatic rings. The van der Waals surface area contributed by atoms with Gasteiger partial charge in [-0.05, 0) is 37.6 Å². The molecule has 1 heterocycles. The summed E-state index contributed by atoms with van der Waals surface area (Å²) in [6.07, 6.45) is 0. The Hall–Kier alpha value is -2.76. The number of hydrogen-bond donors (Lipinski definition) is 2. The largest absolute Gasteiger partial charge is 0.493 e. The van der Waals surface area contributed by atoms with Gasteiger partial charge in [-0.15, -0.1) is 0 Å². The fraction of sp³-hybridized carbons (Fsp3) is 0.200. The van der Waals surface area contributed by atoms with Gasteiger partial charge in [0.15, 0.2) is 17.3 Å². The van der Waals surface area contributed by atoms with Crippen molar-refractivity contribution >= 4 is 5.84 Å². The highest BCUT2D eigenvalue weighted by atomic mass is 16.5. The molecule has 1 aromatic heterocycles. The van der Waals surface area contributed by atoms with Crippen molar-refractivity contribution in [1.82, 2.24) is 4.98 Å². The molecule has 21 heavy (non-hydrogen) atoms. The number of nitrogens with zero attached hydrogens (tertiary/aromatic N) is 2. The highest BCUT2D eigenvalue weighted by Gasteiger charge is 2.16. The Labute approximate surface area is 122 Å². The third kappa shape index (κ3) is 3.05. The van der Waals surface area contributed by atoms with Crippen LogP contribution in [0.2, 0.25) is 0 Å². The Morgan fingerprint density at radius 3 is 2.52 bits per heavy atom. The third-order valence-corrected chi connectivity index (χ3v) is 2.95. The van der Waals surface area contributed by atoms with Gasteiger partial charge < -0.3 is 20.4 Å². The molecule has 6 nitrogen and oxygen atoms in total. The number of aromatic nitrogens is 1. The van der Waals surface area contributed by atoms with E-state index >= 15 is 0 Å². The summed E-state index contributed by atoms with van der Waals surface area (Å²) in [6.45, 7) is 3.69. The highest BCUT2D eigenvalue weighted by Crippen LogP contribution is 2.32. The Balaban J connectivity index is 2.53. The van der Waals surface area contributed by atoms with Crippen LogP contribution in [-0.2, 0) is 0 Å². The second-order valence-corrected chi connectivity index (χ2v) is 4.50. The van der Waals surface area contributed by atoms with E-state index in [4.69, 9.17) is 20.4 Å². The molecule has 0 radical (unpaired) electrons. The van der Waals surface area contributed by atoms with Crippen LogP contribution in [0.1, 0.15) is 16.8 Å². The first-order valence-corrected chi connectivity index (χ1v) is 6.33. The fourth-order valence-corrected chi connectivity index (χ4v) is 2.05. The average Bonchev–Trinajstić information content (AvgIpc) is 2.46. The number of rotatable bonds is 4. The minimum Gasteiger partial charge on any atom is -0.493 e. The monoisotopic (exact) mass is 287 g/mol. The second-order valence-electron chi connectivity index (χ2n) is 4.50. The molecule has 1 aromatic carbocycles. The van der Waals surface area contributed by atoms with Crippen LogP contribution in [0.25, 0.3) is 0 Å². The van der Waals surface area contributed by atoms with E-state index < -0.39 is 0 Å². The normalized spacial score (nSPS) is 11.3. The molecule has 0 atom stereocenters. The highest BCUT2D eigenvalue weighted by molar-refractivity contribution is 6.00. The number of ether oxygens (including phenoxy) is 2. The lowest BCUT2D eigenvalue weighted by atomic mass is 10.1. The summed E-state index contributed by atoms with van der Waals surface area (Å²) in [6, 6.07) is 9.03. The van der Waals surface area contributed by atoms with E-state index in [1.165, 1.54) is 0 Å². The zero-order valence-electron chi connectivity index (χ0n) is 12.1. The minimum absolute atomic E-state index is 0.0510. The lowest BCUT2D eigenvalue weighted by molar-refractivity contribution is 0.318. The first-order valence-electron chi connectivity index (χ1n) is 6.33. The van der Waals surface area contributed by atoms with Gasteiger partial charge in [-0.25, -0.2) is 4.98 Å². The number of methoxy groups -OCH3 is 1. The molecular formula is C15H17N3O3. The zero-order valence-corrected chi connectivity index (χ0v) is 12.1. The number of pyridine rings is 1. The van der Waals surface area contributed by atoms with E-state index in [0.717, 1.165) is 11.3 Å². The van der Waals surface area contributed by atoms with E-state index in [2.05, 4.69) is 10.1 Å². The van der Waals surface area contributed by atoms with Crippen molar-refractivity contribution in [2.75, 3.05) is 7.11 Å². The quantitative estimate of drug-likeness (QED) is 0.390. The van der Waals surface area contributed by atoms with Crippen molar-refractivity contribution < 1.29 is 14.7 Å². The van der Waals surface area contributed by atoms with Gasteiger partial charge in [0.1, 0.15) is 0 Å². The van der Waals surface area contributed by atoms with E-state index in [1.54, 1.807) is 19.2 Å². The van der Waals surface area contributed by atoms with E-state index in [9.17, 15) is 0 Å². The molecule has 110 valence electrons. The summed E-state index contributed by atoms with van der Waals surface area (Å²) in [7, 11) is 1.56. The number of amidine groups is 1.